The summed E-state index contributed by atoms with van der Waals surface area (Å²) in [6, 6.07) is 0.425. The zero-order chi connectivity index (χ0) is 19.3. The molecule has 1 unspecified atom stereocenters. The van der Waals surface area contributed by atoms with E-state index in [9.17, 15) is 14.4 Å². The second-order valence-electron chi connectivity index (χ2n) is 5.86. The fraction of sp³-hybridized carbons (Fsp3) is 0.667. The molecule has 1 saturated heterocycles. The molecular weight excluding hydrogens is 362 g/mol. The number of hydrogen-bond donors (Lipinski definition) is 0. The average Bonchev–Trinajstić information content (AvgIpc) is 3.47. The van der Waals surface area contributed by atoms with Gasteiger partial charge in [-0.15, -0.1) is 6.58 Å². The highest BCUT2D eigenvalue weighted by molar-refractivity contribution is 6.60. The van der Waals surface area contributed by atoms with Gasteiger partial charge in [0.15, 0.2) is 0 Å². The van der Waals surface area contributed by atoms with Crippen molar-refractivity contribution in [2.45, 2.75) is 38.2 Å². The third-order valence-electron chi connectivity index (χ3n) is 4.28. The van der Waals surface area contributed by atoms with Crippen LogP contribution in [0.15, 0.2) is 27.0 Å². The Hall–Kier alpha value is -1.79. The van der Waals surface area contributed by atoms with E-state index in [1.54, 1.807) is 0 Å². The van der Waals surface area contributed by atoms with Gasteiger partial charge < -0.3 is 18.0 Å². The first kappa shape index (κ1) is 20.5. The SMILES string of the molecule is C=CCn1c(=O)n(CCC[Si](OC)(OC)OC)c(=O)n(CC2CO2)c1=O. The number of rotatable bonds is 11. The Morgan fingerprint density at radius 2 is 1.62 bits per heavy atom. The summed E-state index contributed by atoms with van der Waals surface area (Å²) in [6.07, 6.45) is 1.69. The second-order valence-corrected chi connectivity index (χ2v) is 8.95. The summed E-state index contributed by atoms with van der Waals surface area (Å²) >= 11 is 0. The number of hydrogen-bond acceptors (Lipinski definition) is 7. The van der Waals surface area contributed by atoms with Gasteiger partial charge >= 0.3 is 25.9 Å². The minimum atomic E-state index is -2.80. The summed E-state index contributed by atoms with van der Waals surface area (Å²) in [5.41, 5.74) is -1.95. The highest BCUT2D eigenvalue weighted by atomic mass is 28.4. The van der Waals surface area contributed by atoms with Crippen molar-refractivity contribution in [2.75, 3.05) is 27.9 Å². The molecule has 11 heteroatoms. The van der Waals surface area contributed by atoms with Gasteiger partial charge in [0.2, 0.25) is 0 Å². The summed E-state index contributed by atoms with van der Waals surface area (Å²) in [7, 11) is 1.69. The molecule has 26 heavy (non-hydrogen) atoms. The lowest BCUT2D eigenvalue weighted by molar-refractivity contribution is 0.122. The molecule has 0 bridgehead atoms. The van der Waals surface area contributed by atoms with Crippen LogP contribution in [0.4, 0.5) is 0 Å². The van der Waals surface area contributed by atoms with Gasteiger partial charge in [-0.2, -0.15) is 0 Å². The first-order valence-corrected chi connectivity index (χ1v) is 10.2. The van der Waals surface area contributed by atoms with Crippen molar-refractivity contribution >= 4 is 8.80 Å². The van der Waals surface area contributed by atoms with Gasteiger partial charge in [-0.3, -0.25) is 0 Å². The molecule has 0 spiro atoms. The fourth-order valence-corrected chi connectivity index (χ4v) is 4.41. The zero-order valence-electron chi connectivity index (χ0n) is 15.3. The molecule has 0 radical (unpaired) electrons. The van der Waals surface area contributed by atoms with Gasteiger partial charge in [-0.25, -0.2) is 28.1 Å². The van der Waals surface area contributed by atoms with Gasteiger partial charge in [0.1, 0.15) is 0 Å². The van der Waals surface area contributed by atoms with Gasteiger partial charge in [0.25, 0.3) is 0 Å². The van der Waals surface area contributed by atoms with E-state index in [2.05, 4.69) is 6.58 Å². The molecule has 1 aromatic rings. The molecule has 0 N–H and O–H groups in total. The summed E-state index contributed by atoms with van der Waals surface area (Å²) < 4.78 is 24.2. The molecule has 0 amide bonds. The van der Waals surface area contributed by atoms with Crippen molar-refractivity contribution < 1.29 is 18.0 Å². The lowest BCUT2D eigenvalue weighted by Gasteiger charge is -2.24. The predicted molar refractivity (Wildman–Crippen MR) is 95.4 cm³/mol. The van der Waals surface area contributed by atoms with E-state index >= 15 is 0 Å². The minimum absolute atomic E-state index is 0.0242. The largest absolute Gasteiger partial charge is 0.500 e. The lowest BCUT2D eigenvalue weighted by Crippen LogP contribution is -2.55. The smallest absolute Gasteiger partial charge is 0.377 e. The molecule has 1 atom stereocenters. The van der Waals surface area contributed by atoms with E-state index in [0.29, 0.717) is 19.1 Å². The van der Waals surface area contributed by atoms with E-state index in [4.69, 9.17) is 18.0 Å². The van der Waals surface area contributed by atoms with Crippen molar-refractivity contribution in [2.24, 2.45) is 0 Å². The molecule has 0 saturated carbocycles. The molecule has 0 aromatic carbocycles. The Bertz CT molecular complexity index is 797. The maximum Gasteiger partial charge on any atom is 0.500 e. The van der Waals surface area contributed by atoms with Crippen LogP contribution in [0.25, 0.3) is 0 Å². The van der Waals surface area contributed by atoms with Crippen molar-refractivity contribution in [1.82, 2.24) is 13.7 Å². The van der Waals surface area contributed by atoms with E-state index < -0.39 is 25.9 Å². The van der Waals surface area contributed by atoms with Crippen LogP contribution in [-0.2, 0) is 37.6 Å². The first-order valence-electron chi connectivity index (χ1n) is 8.25. The van der Waals surface area contributed by atoms with Crippen LogP contribution in [0.5, 0.6) is 0 Å². The standard InChI is InChI=1S/C15H25N3O7Si/c1-5-7-16-13(19)17(8-6-9-26(22-2,23-3)24-4)15(21)18(14(16)20)10-12-11-25-12/h5,12H,1,6-11H2,2-4H3. The second kappa shape index (κ2) is 8.73. The molecule has 146 valence electrons. The van der Waals surface area contributed by atoms with Crippen LogP contribution in [-0.4, -0.2) is 56.5 Å². The Kier molecular flexibility index (Phi) is 6.89. The monoisotopic (exact) mass is 387 g/mol. The molecule has 1 aliphatic heterocycles. The Morgan fingerprint density at radius 1 is 1.08 bits per heavy atom. The van der Waals surface area contributed by atoms with Gasteiger partial charge in [-0.05, 0) is 6.42 Å². The van der Waals surface area contributed by atoms with E-state index in [0.717, 1.165) is 13.7 Å². The van der Waals surface area contributed by atoms with E-state index in [1.807, 2.05) is 0 Å². The van der Waals surface area contributed by atoms with Crippen molar-refractivity contribution in [1.29, 1.82) is 0 Å². The van der Waals surface area contributed by atoms with Crippen LogP contribution in [0.1, 0.15) is 6.42 Å². The molecule has 2 rings (SSSR count). The van der Waals surface area contributed by atoms with Gasteiger partial charge in [-0.1, -0.05) is 6.08 Å². The lowest BCUT2D eigenvalue weighted by atomic mass is 10.4. The molecule has 1 aliphatic rings. The molecule has 10 nitrogen and oxygen atoms in total. The van der Waals surface area contributed by atoms with Gasteiger partial charge in [0, 0.05) is 33.9 Å². The maximum atomic E-state index is 12.6. The highest BCUT2D eigenvalue weighted by Crippen LogP contribution is 2.15. The van der Waals surface area contributed by atoms with Crippen LogP contribution >= 0.6 is 0 Å². The fourth-order valence-electron chi connectivity index (χ4n) is 2.70. The van der Waals surface area contributed by atoms with Crippen molar-refractivity contribution in [3.8, 4) is 0 Å². The van der Waals surface area contributed by atoms with Crippen molar-refractivity contribution in [3.63, 3.8) is 0 Å². The molecule has 1 aromatic heterocycles. The Morgan fingerprint density at radius 3 is 2.12 bits per heavy atom. The summed E-state index contributed by atoms with van der Waals surface area (Å²) in [6.45, 7) is 4.32. The Labute approximate surface area is 151 Å². The van der Waals surface area contributed by atoms with Crippen molar-refractivity contribution in [3.05, 3.63) is 44.1 Å². The predicted octanol–water partition coefficient (Wildman–Crippen LogP) is -0.975. The molecule has 1 fully saturated rings. The van der Waals surface area contributed by atoms with Crippen LogP contribution in [0.3, 0.4) is 0 Å². The maximum absolute atomic E-state index is 12.6. The molecule has 2 heterocycles. The van der Waals surface area contributed by atoms with Crippen LogP contribution < -0.4 is 17.1 Å². The van der Waals surface area contributed by atoms with Crippen LogP contribution in [0.2, 0.25) is 6.04 Å². The number of epoxide rings is 1. The van der Waals surface area contributed by atoms with E-state index in [1.165, 1.54) is 27.4 Å². The Balaban J connectivity index is 2.33. The summed E-state index contributed by atoms with van der Waals surface area (Å²) in [5, 5.41) is 0. The first-order chi connectivity index (χ1) is 12.4. The minimum Gasteiger partial charge on any atom is -0.377 e. The number of allylic oxidation sites excluding steroid dienone is 1. The quantitative estimate of drug-likeness (QED) is 0.273. The third kappa shape index (κ3) is 4.30. The summed E-state index contributed by atoms with van der Waals surface area (Å²) in [5.74, 6) is 0. The molecule has 0 aliphatic carbocycles. The van der Waals surface area contributed by atoms with Crippen LogP contribution in [0, 0.1) is 0 Å². The highest BCUT2D eigenvalue weighted by Gasteiger charge is 2.37. The number of aromatic nitrogens is 3. The third-order valence-corrected chi connectivity index (χ3v) is 7.12. The van der Waals surface area contributed by atoms with Gasteiger partial charge in [0.05, 0.1) is 25.8 Å². The van der Waals surface area contributed by atoms with E-state index in [-0.39, 0.29) is 25.7 Å². The number of nitrogens with zero attached hydrogens (tertiary/aromatic N) is 3. The molecular formula is C15H25N3O7Si. The normalized spacial score (nSPS) is 16.7. The number of ether oxygens (including phenoxy) is 1. The summed E-state index contributed by atoms with van der Waals surface area (Å²) in [4.78, 5) is 37.7. The topological polar surface area (TPSA) is 106 Å². The average molecular weight is 387 g/mol. The zero-order valence-corrected chi connectivity index (χ0v) is 16.3.